The van der Waals surface area contributed by atoms with Crippen molar-refractivity contribution in [3.8, 4) is 5.75 Å². The molecule has 0 aliphatic heterocycles. The number of carboxylic acid groups (broad SMARTS) is 1. The van der Waals surface area contributed by atoms with E-state index >= 15 is 0 Å². The summed E-state index contributed by atoms with van der Waals surface area (Å²) in [4.78, 5) is 23.6. The van der Waals surface area contributed by atoms with Gasteiger partial charge in [-0.05, 0) is 34.5 Å². The maximum atomic E-state index is 11.7. The van der Waals surface area contributed by atoms with Gasteiger partial charge in [-0.3, -0.25) is 9.59 Å². The number of halogens is 1. The maximum Gasteiger partial charge on any atom is 0.305 e. The molecule has 1 aromatic rings. The number of carbonyl (C=O) groups excluding carboxylic acids is 1. The maximum absolute atomic E-state index is 11.7. The van der Waals surface area contributed by atoms with Crippen molar-refractivity contribution in [2.75, 3.05) is 20.2 Å². The van der Waals surface area contributed by atoms with Gasteiger partial charge in [0, 0.05) is 20.0 Å². The van der Waals surface area contributed by atoms with Gasteiger partial charge in [-0.2, -0.15) is 0 Å². The van der Waals surface area contributed by atoms with E-state index in [-0.39, 0.29) is 18.9 Å². The standard InChI is InChI=1S/C14H18BrNO4/c1-16(9-8-14(18)19)13(17)7-4-10-20-12-6-3-2-5-11(12)15/h2-3,5-6H,4,7-10H2,1H3,(H,18,19). The molecule has 0 atom stereocenters. The van der Waals surface area contributed by atoms with E-state index in [2.05, 4.69) is 15.9 Å². The number of hydrogen-bond acceptors (Lipinski definition) is 3. The fourth-order valence-corrected chi connectivity index (χ4v) is 1.95. The summed E-state index contributed by atoms with van der Waals surface area (Å²) in [6.07, 6.45) is 0.911. The highest BCUT2D eigenvalue weighted by atomic mass is 79.9. The zero-order valence-corrected chi connectivity index (χ0v) is 12.9. The van der Waals surface area contributed by atoms with E-state index in [1.54, 1.807) is 7.05 Å². The Hall–Kier alpha value is -1.56. The second-order valence-corrected chi connectivity index (χ2v) is 5.20. The number of rotatable bonds is 8. The summed E-state index contributed by atoms with van der Waals surface area (Å²) in [6, 6.07) is 7.52. The molecule has 1 N–H and O–H groups in total. The van der Waals surface area contributed by atoms with E-state index < -0.39 is 5.97 Å². The first-order chi connectivity index (χ1) is 9.50. The smallest absolute Gasteiger partial charge is 0.305 e. The molecule has 0 saturated carbocycles. The largest absolute Gasteiger partial charge is 0.492 e. The summed E-state index contributed by atoms with van der Waals surface area (Å²) in [5.74, 6) is -0.219. The lowest BCUT2D eigenvalue weighted by atomic mass is 10.3. The van der Waals surface area contributed by atoms with Crippen molar-refractivity contribution >= 4 is 27.8 Å². The Morgan fingerprint density at radius 2 is 2.00 bits per heavy atom. The third kappa shape index (κ3) is 6.06. The molecular weight excluding hydrogens is 326 g/mol. The van der Waals surface area contributed by atoms with Gasteiger partial charge in [0.1, 0.15) is 5.75 Å². The van der Waals surface area contributed by atoms with Crippen molar-refractivity contribution in [1.29, 1.82) is 0 Å². The molecule has 0 aliphatic carbocycles. The average molecular weight is 344 g/mol. The number of benzene rings is 1. The van der Waals surface area contributed by atoms with Gasteiger partial charge in [0.15, 0.2) is 0 Å². The third-order valence-electron chi connectivity index (χ3n) is 2.72. The molecule has 1 aromatic carbocycles. The van der Waals surface area contributed by atoms with Gasteiger partial charge in [-0.25, -0.2) is 0 Å². The molecule has 20 heavy (non-hydrogen) atoms. The van der Waals surface area contributed by atoms with E-state index in [4.69, 9.17) is 9.84 Å². The molecule has 0 spiro atoms. The summed E-state index contributed by atoms with van der Waals surface area (Å²) in [6.45, 7) is 0.681. The van der Waals surface area contributed by atoms with Crippen molar-refractivity contribution in [1.82, 2.24) is 4.90 Å². The molecule has 0 unspecified atom stereocenters. The van der Waals surface area contributed by atoms with Gasteiger partial charge in [0.05, 0.1) is 17.5 Å². The molecule has 110 valence electrons. The molecule has 0 aliphatic rings. The van der Waals surface area contributed by atoms with Crippen LogP contribution in [0.15, 0.2) is 28.7 Å². The topological polar surface area (TPSA) is 66.8 Å². The minimum atomic E-state index is -0.901. The zero-order valence-electron chi connectivity index (χ0n) is 11.3. The number of amides is 1. The first kappa shape index (κ1) is 16.5. The fraction of sp³-hybridized carbons (Fsp3) is 0.429. The van der Waals surface area contributed by atoms with Gasteiger partial charge >= 0.3 is 5.97 Å². The molecule has 0 heterocycles. The minimum Gasteiger partial charge on any atom is -0.492 e. The van der Waals surface area contributed by atoms with Gasteiger partial charge in [-0.15, -0.1) is 0 Å². The lowest BCUT2D eigenvalue weighted by molar-refractivity contribution is -0.138. The Kier molecular flexibility index (Phi) is 7.08. The number of ether oxygens (including phenoxy) is 1. The van der Waals surface area contributed by atoms with Crippen LogP contribution in [0.1, 0.15) is 19.3 Å². The van der Waals surface area contributed by atoms with E-state index in [1.807, 2.05) is 24.3 Å². The van der Waals surface area contributed by atoms with Crippen LogP contribution >= 0.6 is 15.9 Å². The van der Waals surface area contributed by atoms with Crippen LogP contribution in [0.5, 0.6) is 5.75 Å². The van der Waals surface area contributed by atoms with Crippen molar-refractivity contribution in [2.24, 2.45) is 0 Å². The Bertz CT molecular complexity index is 464. The van der Waals surface area contributed by atoms with E-state index in [0.29, 0.717) is 19.4 Å². The lowest BCUT2D eigenvalue weighted by Crippen LogP contribution is -2.29. The van der Waals surface area contributed by atoms with Gasteiger partial charge in [-0.1, -0.05) is 12.1 Å². The molecule has 0 aromatic heterocycles. The quantitative estimate of drug-likeness (QED) is 0.736. The van der Waals surface area contributed by atoms with Crippen LogP contribution in [-0.2, 0) is 9.59 Å². The second-order valence-electron chi connectivity index (χ2n) is 4.34. The van der Waals surface area contributed by atoms with Crippen LogP contribution in [0.4, 0.5) is 0 Å². The molecular formula is C14H18BrNO4. The first-order valence-corrected chi connectivity index (χ1v) is 7.13. The van der Waals surface area contributed by atoms with Crippen LogP contribution in [0.25, 0.3) is 0 Å². The fourth-order valence-electron chi connectivity index (χ4n) is 1.55. The highest BCUT2D eigenvalue weighted by Crippen LogP contribution is 2.23. The number of nitrogens with zero attached hydrogens (tertiary/aromatic N) is 1. The number of aliphatic carboxylic acids is 1. The van der Waals surface area contributed by atoms with Crippen LogP contribution in [0.2, 0.25) is 0 Å². The highest BCUT2D eigenvalue weighted by Gasteiger charge is 2.10. The third-order valence-corrected chi connectivity index (χ3v) is 3.37. The Labute approximate surface area is 126 Å². The molecule has 0 bridgehead atoms. The van der Waals surface area contributed by atoms with Gasteiger partial charge in [0.2, 0.25) is 5.91 Å². The molecule has 0 radical (unpaired) electrons. The number of carboxylic acids is 1. The van der Waals surface area contributed by atoms with E-state index in [0.717, 1.165) is 10.2 Å². The van der Waals surface area contributed by atoms with Crippen molar-refractivity contribution in [3.63, 3.8) is 0 Å². The first-order valence-electron chi connectivity index (χ1n) is 6.34. The average Bonchev–Trinajstić information content (AvgIpc) is 2.42. The lowest BCUT2D eigenvalue weighted by Gasteiger charge is -2.16. The molecule has 1 rings (SSSR count). The molecule has 0 saturated heterocycles. The normalized spacial score (nSPS) is 10.1. The number of para-hydroxylation sites is 1. The zero-order chi connectivity index (χ0) is 15.0. The predicted octanol–water partition coefficient (Wildman–Crippen LogP) is 2.54. The van der Waals surface area contributed by atoms with E-state index in [9.17, 15) is 9.59 Å². The Morgan fingerprint density at radius 3 is 2.65 bits per heavy atom. The minimum absolute atomic E-state index is 0.0320. The summed E-state index contributed by atoms with van der Waals surface area (Å²) >= 11 is 3.38. The van der Waals surface area contributed by atoms with Gasteiger partial charge in [0.25, 0.3) is 0 Å². The molecule has 0 fully saturated rings. The summed E-state index contributed by atoms with van der Waals surface area (Å²) in [5.41, 5.74) is 0. The van der Waals surface area contributed by atoms with Gasteiger partial charge < -0.3 is 14.7 Å². The molecule has 6 heteroatoms. The Morgan fingerprint density at radius 1 is 1.30 bits per heavy atom. The number of hydrogen-bond donors (Lipinski definition) is 1. The van der Waals surface area contributed by atoms with Crippen molar-refractivity contribution < 1.29 is 19.4 Å². The predicted molar refractivity (Wildman–Crippen MR) is 78.8 cm³/mol. The molecule has 1 amide bonds. The van der Waals surface area contributed by atoms with Crippen LogP contribution in [0, 0.1) is 0 Å². The summed E-state index contributed by atoms with van der Waals surface area (Å²) in [5, 5.41) is 8.55. The SMILES string of the molecule is CN(CCC(=O)O)C(=O)CCCOc1ccccc1Br. The van der Waals surface area contributed by atoms with E-state index in [1.165, 1.54) is 4.90 Å². The monoisotopic (exact) mass is 343 g/mol. The second kappa shape index (κ2) is 8.58. The summed E-state index contributed by atoms with van der Waals surface area (Å²) in [7, 11) is 1.61. The van der Waals surface area contributed by atoms with Crippen LogP contribution in [-0.4, -0.2) is 42.1 Å². The van der Waals surface area contributed by atoms with Crippen LogP contribution < -0.4 is 4.74 Å². The van der Waals surface area contributed by atoms with Crippen molar-refractivity contribution in [3.05, 3.63) is 28.7 Å². The van der Waals surface area contributed by atoms with Crippen molar-refractivity contribution in [2.45, 2.75) is 19.3 Å². The molecule has 5 nitrogen and oxygen atoms in total. The Balaban J connectivity index is 2.22. The summed E-state index contributed by atoms with van der Waals surface area (Å²) < 4.78 is 6.43. The highest BCUT2D eigenvalue weighted by molar-refractivity contribution is 9.10. The van der Waals surface area contributed by atoms with Crippen LogP contribution in [0.3, 0.4) is 0 Å². The number of carbonyl (C=O) groups is 2.